The first-order valence-electron chi connectivity index (χ1n) is 10.3. The number of aromatic amines is 2. The Morgan fingerprint density at radius 2 is 1.74 bits per heavy atom. The molecule has 0 aliphatic heterocycles. The van der Waals surface area contributed by atoms with Crippen molar-refractivity contribution in [2.24, 2.45) is 0 Å². The second-order valence-corrected chi connectivity index (χ2v) is 8.50. The standard InChI is InChI=1S/C24H13Cl2F2N7/c25-15-2-1-3-19(20(15)28)35-22(13-6-7-17(27)16(26)10-13)21(23-31-33-34-32-23)30-24(35)14-5-4-12-8-9-29-18(12)11-14/h1-11,29H,(H,31,32,33,34). The molecule has 0 saturated carbocycles. The largest absolute Gasteiger partial charge is 0.361 e. The molecule has 0 spiro atoms. The van der Waals surface area contributed by atoms with Crippen LogP contribution in [0.2, 0.25) is 10.0 Å². The molecular weight excluding hydrogens is 495 g/mol. The molecule has 172 valence electrons. The van der Waals surface area contributed by atoms with Crippen LogP contribution in [0.1, 0.15) is 0 Å². The Morgan fingerprint density at radius 3 is 2.54 bits per heavy atom. The number of nitrogens with zero attached hydrogens (tertiary/aromatic N) is 5. The molecule has 3 aromatic heterocycles. The number of rotatable bonds is 4. The van der Waals surface area contributed by atoms with Crippen molar-refractivity contribution in [3.8, 4) is 39.9 Å². The highest BCUT2D eigenvalue weighted by Crippen LogP contribution is 2.40. The van der Waals surface area contributed by atoms with Gasteiger partial charge in [0, 0.05) is 22.8 Å². The molecule has 6 aromatic rings. The molecular formula is C24H13Cl2F2N7. The van der Waals surface area contributed by atoms with Crippen molar-refractivity contribution in [1.29, 1.82) is 0 Å². The summed E-state index contributed by atoms with van der Waals surface area (Å²) in [5.74, 6) is -0.682. The maximum absolute atomic E-state index is 15.5. The summed E-state index contributed by atoms with van der Waals surface area (Å²) in [6, 6.07) is 16.5. The van der Waals surface area contributed by atoms with E-state index in [0.29, 0.717) is 28.3 Å². The molecule has 2 N–H and O–H groups in total. The number of hydrogen-bond donors (Lipinski definition) is 2. The number of hydrogen-bond acceptors (Lipinski definition) is 4. The normalized spacial score (nSPS) is 11.4. The number of H-pyrrole nitrogens is 2. The van der Waals surface area contributed by atoms with Gasteiger partial charge in [-0.1, -0.05) is 41.4 Å². The molecule has 7 nitrogen and oxygen atoms in total. The second kappa shape index (κ2) is 8.30. The van der Waals surface area contributed by atoms with E-state index in [2.05, 4.69) is 25.6 Å². The molecule has 35 heavy (non-hydrogen) atoms. The summed E-state index contributed by atoms with van der Waals surface area (Å²) < 4.78 is 31.1. The molecule has 6 rings (SSSR count). The van der Waals surface area contributed by atoms with Crippen LogP contribution in [0, 0.1) is 11.6 Å². The molecule has 0 amide bonds. The number of fused-ring (bicyclic) bond motifs is 1. The second-order valence-electron chi connectivity index (χ2n) is 7.68. The van der Waals surface area contributed by atoms with E-state index < -0.39 is 11.6 Å². The quantitative estimate of drug-likeness (QED) is 0.286. The molecule has 0 aliphatic rings. The monoisotopic (exact) mass is 507 g/mol. The van der Waals surface area contributed by atoms with Crippen LogP contribution in [0.15, 0.2) is 66.9 Å². The Morgan fingerprint density at radius 1 is 0.886 bits per heavy atom. The Hall–Kier alpha value is -4.08. The van der Waals surface area contributed by atoms with E-state index in [0.717, 1.165) is 10.9 Å². The van der Waals surface area contributed by atoms with Gasteiger partial charge in [0.1, 0.15) is 17.3 Å². The van der Waals surface area contributed by atoms with Crippen LogP contribution < -0.4 is 0 Å². The third-order valence-corrected chi connectivity index (χ3v) is 6.19. The van der Waals surface area contributed by atoms with Crippen LogP contribution >= 0.6 is 23.2 Å². The zero-order valence-corrected chi connectivity index (χ0v) is 19.1. The summed E-state index contributed by atoms with van der Waals surface area (Å²) in [6.07, 6.45) is 1.83. The van der Waals surface area contributed by atoms with Crippen molar-refractivity contribution in [2.45, 2.75) is 0 Å². The van der Waals surface area contributed by atoms with Crippen molar-refractivity contribution < 1.29 is 8.78 Å². The van der Waals surface area contributed by atoms with E-state index in [-0.39, 0.29) is 21.6 Å². The summed E-state index contributed by atoms with van der Waals surface area (Å²) in [6.45, 7) is 0. The van der Waals surface area contributed by atoms with Crippen LogP contribution in [0.3, 0.4) is 0 Å². The summed E-state index contributed by atoms with van der Waals surface area (Å²) in [7, 11) is 0. The van der Waals surface area contributed by atoms with Gasteiger partial charge in [-0.3, -0.25) is 4.57 Å². The average Bonchev–Trinajstić information content (AvgIpc) is 3.61. The molecule has 0 radical (unpaired) electrons. The van der Waals surface area contributed by atoms with Gasteiger partial charge in [0.15, 0.2) is 5.82 Å². The Balaban J connectivity index is 1.75. The lowest BCUT2D eigenvalue weighted by Crippen LogP contribution is -2.03. The van der Waals surface area contributed by atoms with Crippen LogP contribution in [0.5, 0.6) is 0 Å². The minimum absolute atomic E-state index is 0.0637. The van der Waals surface area contributed by atoms with E-state index in [1.165, 1.54) is 24.3 Å². The molecule has 11 heteroatoms. The summed E-state index contributed by atoms with van der Waals surface area (Å²) in [4.78, 5) is 7.98. The molecule has 0 atom stereocenters. The maximum Gasteiger partial charge on any atom is 0.225 e. The van der Waals surface area contributed by atoms with Gasteiger partial charge in [-0.05, 0) is 53.1 Å². The number of nitrogens with one attached hydrogen (secondary N) is 2. The first kappa shape index (κ1) is 21.5. The number of halogens is 4. The Kier molecular flexibility index (Phi) is 5.09. The molecule has 3 heterocycles. The number of imidazole rings is 1. The van der Waals surface area contributed by atoms with Gasteiger partial charge in [0.05, 0.1) is 21.4 Å². The lowest BCUT2D eigenvalue weighted by molar-refractivity contribution is 0.619. The maximum atomic E-state index is 15.5. The minimum Gasteiger partial charge on any atom is -0.361 e. The highest BCUT2D eigenvalue weighted by Gasteiger charge is 2.27. The Bertz CT molecular complexity index is 1710. The van der Waals surface area contributed by atoms with Crippen molar-refractivity contribution in [2.75, 3.05) is 0 Å². The van der Waals surface area contributed by atoms with E-state index in [1.54, 1.807) is 16.7 Å². The van der Waals surface area contributed by atoms with Gasteiger partial charge < -0.3 is 4.98 Å². The van der Waals surface area contributed by atoms with Gasteiger partial charge in [0.2, 0.25) is 5.82 Å². The third kappa shape index (κ3) is 3.56. The van der Waals surface area contributed by atoms with Crippen molar-refractivity contribution >= 4 is 34.1 Å². The van der Waals surface area contributed by atoms with Gasteiger partial charge >= 0.3 is 0 Å². The fourth-order valence-corrected chi connectivity index (χ4v) is 4.38. The number of aromatic nitrogens is 7. The van der Waals surface area contributed by atoms with E-state index in [9.17, 15) is 4.39 Å². The predicted molar refractivity (Wildman–Crippen MR) is 129 cm³/mol. The SMILES string of the molecule is Fc1ccc(-c2c(-c3nn[nH]n3)nc(-c3ccc4cc[nH]c4c3)n2-c2cccc(Cl)c2F)cc1Cl. The number of tetrazole rings is 1. The van der Waals surface area contributed by atoms with Crippen molar-refractivity contribution in [3.63, 3.8) is 0 Å². The third-order valence-electron chi connectivity index (χ3n) is 5.61. The molecule has 0 unspecified atom stereocenters. The van der Waals surface area contributed by atoms with Crippen LogP contribution in [-0.2, 0) is 0 Å². The highest BCUT2D eigenvalue weighted by molar-refractivity contribution is 6.31. The van der Waals surface area contributed by atoms with Gasteiger partial charge in [-0.15, -0.1) is 10.2 Å². The summed E-state index contributed by atoms with van der Waals surface area (Å²) in [5.41, 5.74) is 2.84. The smallest absolute Gasteiger partial charge is 0.225 e. The lowest BCUT2D eigenvalue weighted by atomic mass is 10.1. The summed E-state index contributed by atoms with van der Waals surface area (Å²) in [5, 5.41) is 15.1. The summed E-state index contributed by atoms with van der Waals surface area (Å²) >= 11 is 12.3. The van der Waals surface area contributed by atoms with Gasteiger partial charge in [-0.2, -0.15) is 5.21 Å². The fourth-order valence-electron chi connectivity index (χ4n) is 4.03. The van der Waals surface area contributed by atoms with Crippen LogP contribution in [-0.4, -0.2) is 35.2 Å². The molecule has 0 aliphatic carbocycles. The highest BCUT2D eigenvalue weighted by atomic mass is 35.5. The zero-order valence-electron chi connectivity index (χ0n) is 17.6. The Labute approximate surface area is 206 Å². The zero-order chi connectivity index (χ0) is 24.1. The van der Waals surface area contributed by atoms with E-state index in [4.69, 9.17) is 28.2 Å². The first-order valence-corrected chi connectivity index (χ1v) is 11.1. The van der Waals surface area contributed by atoms with E-state index in [1.807, 2.05) is 30.5 Å². The van der Waals surface area contributed by atoms with E-state index >= 15 is 4.39 Å². The molecule has 3 aromatic carbocycles. The topological polar surface area (TPSA) is 88.1 Å². The van der Waals surface area contributed by atoms with Crippen molar-refractivity contribution in [3.05, 3.63) is 88.5 Å². The molecule has 0 bridgehead atoms. The van der Waals surface area contributed by atoms with Gasteiger partial charge in [0.25, 0.3) is 0 Å². The predicted octanol–water partition coefficient (Wildman–Crippen LogP) is 6.45. The molecule has 0 fully saturated rings. The molecule has 0 saturated heterocycles. The van der Waals surface area contributed by atoms with Crippen molar-refractivity contribution in [1.82, 2.24) is 35.2 Å². The van der Waals surface area contributed by atoms with Crippen LogP contribution in [0.4, 0.5) is 8.78 Å². The fraction of sp³-hybridized carbons (Fsp3) is 0. The average molecular weight is 508 g/mol. The minimum atomic E-state index is -0.650. The van der Waals surface area contributed by atoms with Gasteiger partial charge in [-0.25, -0.2) is 13.8 Å². The number of benzene rings is 3. The lowest BCUT2D eigenvalue weighted by Gasteiger charge is -2.15. The van der Waals surface area contributed by atoms with Crippen LogP contribution in [0.25, 0.3) is 50.8 Å². The first-order chi connectivity index (χ1) is 17.0.